The van der Waals surface area contributed by atoms with Crippen molar-refractivity contribution < 1.29 is 4.39 Å². The summed E-state index contributed by atoms with van der Waals surface area (Å²) in [5.74, 6) is 1.20. The summed E-state index contributed by atoms with van der Waals surface area (Å²) < 4.78 is 13.7. The smallest absolute Gasteiger partial charge is 0.186 e. The first-order valence-electron chi connectivity index (χ1n) is 6.15. The number of benzene rings is 1. The number of nitrogens with one attached hydrogen (secondary N) is 1. The minimum atomic E-state index is -0.365. The van der Waals surface area contributed by atoms with E-state index in [9.17, 15) is 4.39 Å². The Morgan fingerprint density at radius 2 is 1.95 bits per heavy atom. The molecule has 2 aromatic rings. The Morgan fingerprint density at radius 1 is 1.21 bits per heavy atom. The molecule has 1 heterocycles. The molecule has 0 amide bonds. The van der Waals surface area contributed by atoms with E-state index in [2.05, 4.69) is 15.3 Å². The van der Waals surface area contributed by atoms with Gasteiger partial charge in [-0.05, 0) is 26.0 Å². The molecule has 3 nitrogen and oxygen atoms in total. The van der Waals surface area contributed by atoms with Crippen LogP contribution in [0.25, 0.3) is 0 Å². The molecule has 0 unspecified atom stereocenters. The lowest BCUT2D eigenvalue weighted by Crippen LogP contribution is -2.08. The van der Waals surface area contributed by atoms with E-state index in [1.807, 2.05) is 37.3 Å². The quantitative estimate of drug-likeness (QED) is 0.847. The maximum absolute atomic E-state index is 13.7. The van der Waals surface area contributed by atoms with Crippen LogP contribution in [0.4, 0.5) is 10.2 Å². The zero-order valence-corrected chi connectivity index (χ0v) is 11.8. The molecular formula is C14H16FN3S. The van der Waals surface area contributed by atoms with Crippen molar-refractivity contribution in [3.63, 3.8) is 0 Å². The summed E-state index contributed by atoms with van der Waals surface area (Å²) in [5.41, 5.74) is 0.384. The zero-order valence-electron chi connectivity index (χ0n) is 11.0. The molecule has 0 aliphatic rings. The molecule has 0 saturated carbocycles. The fourth-order valence-electron chi connectivity index (χ4n) is 1.63. The Balaban J connectivity index is 2.12. The van der Waals surface area contributed by atoms with E-state index in [0.717, 1.165) is 4.90 Å². The van der Waals surface area contributed by atoms with Crippen molar-refractivity contribution in [3.05, 3.63) is 47.7 Å². The van der Waals surface area contributed by atoms with Crippen LogP contribution in [0.1, 0.15) is 18.4 Å². The molecular weight excluding hydrogens is 261 g/mol. The second-order valence-corrected chi connectivity index (χ2v) is 5.07. The first kappa shape index (κ1) is 13.8. The molecule has 19 heavy (non-hydrogen) atoms. The summed E-state index contributed by atoms with van der Waals surface area (Å²) in [4.78, 5) is 9.55. The summed E-state index contributed by atoms with van der Waals surface area (Å²) >= 11 is 1.64. The highest BCUT2D eigenvalue weighted by Crippen LogP contribution is 2.22. The van der Waals surface area contributed by atoms with E-state index < -0.39 is 0 Å². The van der Waals surface area contributed by atoms with Gasteiger partial charge in [-0.3, -0.25) is 0 Å². The standard InChI is InChI=1S/C14H16FN3S/c1-3-16-14-13(15)10(2)17-12(18-14)9-19-11-7-5-4-6-8-11/h4-8H,3,9H2,1-2H3,(H,16,17,18). The van der Waals surface area contributed by atoms with Crippen LogP contribution < -0.4 is 5.32 Å². The molecule has 2 rings (SSSR count). The number of rotatable bonds is 5. The number of thioether (sulfide) groups is 1. The van der Waals surface area contributed by atoms with Crippen LogP contribution in [0.3, 0.4) is 0 Å². The SMILES string of the molecule is CCNc1nc(CSc2ccccc2)nc(C)c1F. The molecule has 0 spiro atoms. The van der Waals surface area contributed by atoms with Crippen LogP contribution >= 0.6 is 11.8 Å². The molecule has 0 radical (unpaired) electrons. The van der Waals surface area contributed by atoms with Gasteiger partial charge >= 0.3 is 0 Å². The van der Waals surface area contributed by atoms with Gasteiger partial charge in [-0.1, -0.05) is 18.2 Å². The number of anilines is 1. The molecule has 0 bridgehead atoms. The molecule has 1 aromatic carbocycles. The lowest BCUT2D eigenvalue weighted by Gasteiger charge is -2.08. The summed E-state index contributed by atoms with van der Waals surface area (Å²) in [5, 5.41) is 2.92. The third-order valence-electron chi connectivity index (χ3n) is 2.52. The molecule has 0 fully saturated rings. The van der Waals surface area contributed by atoms with Gasteiger partial charge in [0.25, 0.3) is 0 Å². The average molecular weight is 277 g/mol. The predicted octanol–water partition coefficient (Wildman–Crippen LogP) is 3.65. The Kier molecular flexibility index (Phi) is 4.74. The Hall–Kier alpha value is -1.62. The van der Waals surface area contributed by atoms with Crippen molar-refractivity contribution in [3.8, 4) is 0 Å². The molecule has 100 valence electrons. The Morgan fingerprint density at radius 3 is 2.63 bits per heavy atom. The fourth-order valence-corrected chi connectivity index (χ4v) is 2.41. The zero-order chi connectivity index (χ0) is 13.7. The molecule has 0 saturated heterocycles. The third-order valence-corrected chi connectivity index (χ3v) is 3.53. The van der Waals surface area contributed by atoms with Gasteiger partial charge in [0.05, 0.1) is 11.4 Å². The van der Waals surface area contributed by atoms with E-state index in [-0.39, 0.29) is 5.82 Å². The van der Waals surface area contributed by atoms with E-state index in [4.69, 9.17) is 0 Å². The van der Waals surface area contributed by atoms with Crippen molar-refractivity contribution >= 4 is 17.6 Å². The van der Waals surface area contributed by atoms with Gasteiger partial charge in [0.1, 0.15) is 5.82 Å². The second-order valence-electron chi connectivity index (χ2n) is 4.02. The highest BCUT2D eigenvalue weighted by atomic mass is 32.2. The number of aryl methyl sites for hydroxylation is 1. The summed E-state index contributed by atoms with van der Waals surface area (Å²) in [6.07, 6.45) is 0. The van der Waals surface area contributed by atoms with Crippen molar-refractivity contribution in [2.75, 3.05) is 11.9 Å². The lowest BCUT2D eigenvalue weighted by molar-refractivity contribution is 0.602. The largest absolute Gasteiger partial charge is 0.368 e. The maximum Gasteiger partial charge on any atom is 0.186 e. The molecule has 0 aliphatic carbocycles. The van der Waals surface area contributed by atoms with Crippen molar-refractivity contribution in [1.29, 1.82) is 0 Å². The van der Waals surface area contributed by atoms with Gasteiger partial charge in [0.2, 0.25) is 0 Å². The number of nitrogens with zero attached hydrogens (tertiary/aromatic N) is 2. The number of hydrogen-bond acceptors (Lipinski definition) is 4. The van der Waals surface area contributed by atoms with Gasteiger partial charge < -0.3 is 5.32 Å². The highest BCUT2D eigenvalue weighted by Gasteiger charge is 2.10. The van der Waals surface area contributed by atoms with Crippen LogP contribution in [-0.4, -0.2) is 16.5 Å². The number of halogens is 1. The molecule has 5 heteroatoms. The predicted molar refractivity (Wildman–Crippen MR) is 76.9 cm³/mol. The summed E-state index contributed by atoms with van der Waals surface area (Å²) in [6, 6.07) is 10.0. The van der Waals surface area contributed by atoms with E-state index in [1.165, 1.54) is 0 Å². The van der Waals surface area contributed by atoms with Crippen molar-refractivity contribution in [1.82, 2.24) is 9.97 Å². The van der Waals surface area contributed by atoms with Crippen molar-refractivity contribution in [2.45, 2.75) is 24.5 Å². The first-order chi connectivity index (χ1) is 9.20. The van der Waals surface area contributed by atoms with E-state index >= 15 is 0 Å². The number of aromatic nitrogens is 2. The number of hydrogen-bond donors (Lipinski definition) is 1. The molecule has 0 atom stereocenters. The Bertz CT molecular complexity index is 546. The van der Waals surface area contributed by atoms with Crippen LogP contribution in [0.15, 0.2) is 35.2 Å². The van der Waals surface area contributed by atoms with Crippen LogP contribution in [0, 0.1) is 12.7 Å². The van der Waals surface area contributed by atoms with Gasteiger partial charge in [-0.2, -0.15) is 0 Å². The molecule has 1 N–H and O–H groups in total. The minimum Gasteiger partial charge on any atom is -0.368 e. The van der Waals surface area contributed by atoms with Gasteiger partial charge in [-0.15, -0.1) is 11.8 Å². The lowest BCUT2D eigenvalue weighted by atomic mass is 10.4. The highest BCUT2D eigenvalue weighted by molar-refractivity contribution is 7.98. The van der Waals surface area contributed by atoms with Crippen LogP contribution in [-0.2, 0) is 5.75 Å². The topological polar surface area (TPSA) is 37.8 Å². The van der Waals surface area contributed by atoms with Gasteiger partial charge in [-0.25, -0.2) is 14.4 Å². The normalized spacial score (nSPS) is 10.5. The van der Waals surface area contributed by atoms with Gasteiger partial charge in [0.15, 0.2) is 11.6 Å². The van der Waals surface area contributed by atoms with Crippen LogP contribution in [0.5, 0.6) is 0 Å². The molecule has 1 aromatic heterocycles. The van der Waals surface area contributed by atoms with Gasteiger partial charge in [0, 0.05) is 11.4 Å². The second kappa shape index (κ2) is 6.52. The molecule has 0 aliphatic heterocycles. The van der Waals surface area contributed by atoms with E-state index in [0.29, 0.717) is 29.6 Å². The fraction of sp³-hybridized carbons (Fsp3) is 0.286. The monoisotopic (exact) mass is 277 g/mol. The Labute approximate surface area is 116 Å². The summed E-state index contributed by atoms with van der Waals surface area (Å²) in [7, 11) is 0. The first-order valence-corrected chi connectivity index (χ1v) is 7.14. The van der Waals surface area contributed by atoms with Crippen molar-refractivity contribution in [2.24, 2.45) is 0 Å². The average Bonchev–Trinajstić information content (AvgIpc) is 2.43. The van der Waals surface area contributed by atoms with E-state index in [1.54, 1.807) is 18.7 Å². The summed E-state index contributed by atoms with van der Waals surface area (Å²) in [6.45, 7) is 4.21. The van der Waals surface area contributed by atoms with Crippen LogP contribution in [0.2, 0.25) is 0 Å². The third kappa shape index (κ3) is 3.67. The maximum atomic E-state index is 13.7. The minimum absolute atomic E-state index is 0.290.